The fraction of sp³-hybridized carbons (Fsp3) is 0.611. The molecule has 2 N–H and O–H groups in total. The predicted molar refractivity (Wildman–Crippen MR) is 101 cm³/mol. The minimum atomic E-state index is -5.08. The molecule has 1 atom stereocenters. The maximum absolute atomic E-state index is 12.2. The van der Waals surface area contributed by atoms with Gasteiger partial charge in [0.2, 0.25) is 15.9 Å². The highest BCUT2D eigenvalue weighted by molar-refractivity contribution is 7.89. The summed E-state index contributed by atoms with van der Waals surface area (Å²) in [5, 5.41) is 10.3. The third kappa shape index (κ3) is 5.69. The number of halogens is 3. The normalized spacial score (nSPS) is 21.6. The van der Waals surface area contributed by atoms with E-state index in [-0.39, 0.29) is 23.1 Å². The molecule has 12 heteroatoms. The minimum absolute atomic E-state index is 0.0525. The van der Waals surface area contributed by atoms with E-state index in [1.54, 1.807) is 16.7 Å². The predicted octanol–water partition coefficient (Wildman–Crippen LogP) is 1.89. The molecule has 30 heavy (non-hydrogen) atoms. The van der Waals surface area contributed by atoms with Gasteiger partial charge in [-0.25, -0.2) is 17.5 Å². The molecule has 8 nitrogen and oxygen atoms in total. The Balaban J connectivity index is 0.000000396. The molecule has 0 aliphatic carbocycles. The van der Waals surface area contributed by atoms with Gasteiger partial charge >= 0.3 is 12.1 Å². The summed E-state index contributed by atoms with van der Waals surface area (Å²) in [7, 11) is -3.16. The molecular weight excluding hydrogens is 427 g/mol. The molecule has 0 radical (unpaired) electrons. The number of piperidine rings is 1. The summed E-state index contributed by atoms with van der Waals surface area (Å²) < 4.78 is 57.8. The lowest BCUT2D eigenvalue weighted by Crippen LogP contribution is -2.54. The van der Waals surface area contributed by atoms with Crippen LogP contribution in [0, 0.1) is 0 Å². The monoisotopic (exact) mass is 451 g/mol. The number of carboxylic acids is 1. The number of sulfonamides is 1. The number of pyridine rings is 1. The Labute approximate surface area is 172 Å². The highest BCUT2D eigenvalue weighted by atomic mass is 32.2. The number of alkyl halides is 3. The first-order valence-electron chi connectivity index (χ1n) is 9.40. The van der Waals surface area contributed by atoms with Crippen molar-refractivity contribution in [3.63, 3.8) is 0 Å². The maximum Gasteiger partial charge on any atom is 0.490 e. The molecule has 1 amide bonds. The van der Waals surface area contributed by atoms with Gasteiger partial charge in [0.15, 0.2) is 0 Å². The summed E-state index contributed by atoms with van der Waals surface area (Å²) in [6.45, 7) is 2.83. The van der Waals surface area contributed by atoms with E-state index in [1.807, 2.05) is 19.1 Å². The zero-order valence-corrected chi connectivity index (χ0v) is 17.2. The third-order valence-electron chi connectivity index (χ3n) is 5.27. The van der Waals surface area contributed by atoms with Crippen molar-refractivity contribution in [3.8, 4) is 0 Å². The quantitative estimate of drug-likeness (QED) is 0.722. The number of carbonyl (C=O) groups is 2. The van der Waals surface area contributed by atoms with Crippen molar-refractivity contribution in [2.75, 3.05) is 18.8 Å². The molecular formula is C18H24F3N3O5S. The number of rotatable bonds is 4. The van der Waals surface area contributed by atoms with Crippen molar-refractivity contribution in [1.82, 2.24) is 14.6 Å². The first-order valence-corrected chi connectivity index (χ1v) is 11.0. The van der Waals surface area contributed by atoms with Gasteiger partial charge in [-0.15, -0.1) is 0 Å². The molecule has 168 valence electrons. The fourth-order valence-electron chi connectivity index (χ4n) is 3.85. The molecule has 1 aromatic rings. The Morgan fingerprint density at radius 1 is 1.30 bits per heavy atom. The highest BCUT2D eigenvalue weighted by Crippen LogP contribution is 2.43. The number of nitrogens with zero attached hydrogens (tertiary/aromatic N) is 2. The number of hydrogen-bond donors (Lipinski definition) is 2. The minimum Gasteiger partial charge on any atom is -0.475 e. The summed E-state index contributed by atoms with van der Waals surface area (Å²) in [4.78, 5) is 25.0. The van der Waals surface area contributed by atoms with Gasteiger partial charge in [-0.3, -0.25) is 9.78 Å². The van der Waals surface area contributed by atoms with Crippen LogP contribution >= 0.6 is 0 Å². The van der Waals surface area contributed by atoms with Crippen LogP contribution in [-0.2, 0) is 19.6 Å². The van der Waals surface area contributed by atoms with Crippen LogP contribution in [-0.4, -0.2) is 65.2 Å². The summed E-state index contributed by atoms with van der Waals surface area (Å²) >= 11 is 0. The molecule has 2 fully saturated rings. The zero-order valence-electron chi connectivity index (χ0n) is 16.4. The lowest BCUT2D eigenvalue weighted by atomic mass is 9.75. The standard InChI is InChI=1S/C16H23N3O3S.C2HF3O2/c1-2-11-23(21,22)19-9-5-16(6-10-19)14(12-15(20)18-16)13-3-7-17-8-4-13;3-2(4,5)1(6)7/h3-4,7-8,14H,2,5-6,9-12H2,1H3,(H,18,20);(H,6,7). The highest BCUT2D eigenvalue weighted by Gasteiger charge is 2.49. The van der Waals surface area contributed by atoms with Gasteiger partial charge < -0.3 is 10.4 Å². The van der Waals surface area contributed by atoms with E-state index in [9.17, 15) is 26.4 Å². The number of aromatic nitrogens is 1. The second-order valence-electron chi connectivity index (χ2n) is 7.26. The van der Waals surface area contributed by atoms with Gasteiger partial charge in [-0.2, -0.15) is 13.2 Å². The van der Waals surface area contributed by atoms with E-state index in [4.69, 9.17) is 9.90 Å². The molecule has 2 aliphatic rings. The van der Waals surface area contributed by atoms with Crippen LogP contribution in [0.2, 0.25) is 0 Å². The first kappa shape index (κ1) is 24.1. The van der Waals surface area contributed by atoms with Crippen molar-refractivity contribution in [2.24, 2.45) is 0 Å². The summed E-state index contributed by atoms with van der Waals surface area (Å²) in [6.07, 6.45) is 0.814. The van der Waals surface area contributed by atoms with Crippen LogP contribution < -0.4 is 5.32 Å². The Bertz CT molecular complexity index is 854. The Morgan fingerprint density at radius 3 is 2.30 bits per heavy atom. The van der Waals surface area contributed by atoms with Gasteiger partial charge in [-0.1, -0.05) is 6.92 Å². The number of amides is 1. The number of aliphatic carboxylic acids is 1. The maximum atomic E-state index is 12.2. The lowest BCUT2D eigenvalue weighted by molar-refractivity contribution is -0.192. The molecule has 0 saturated carbocycles. The van der Waals surface area contributed by atoms with Gasteiger partial charge in [0, 0.05) is 43.4 Å². The zero-order chi connectivity index (χ0) is 22.6. The summed E-state index contributed by atoms with van der Waals surface area (Å²) in [5.41, 5.74) is 0.777. The Kier molecular flexibility index (Phi) is 7.45. The van der Waals surface area contributed by atoms with Crippen molar-refractivity contribution >= 4 is 21.9 Å². The molecule has 0 aromatic carbocycles. The Morgan fingerprint density at radius 2 is 1.83 bits per heavy atom. The third-order valence-corrected chi connectivity index (χ3v) is 7.34. The molecule has 2 aliphatic heterocycles. The number of carboxylic acid groups (broad SMARTS) is 1. The van der Waals surface area contributed by atoms with E-state index in [0.29, 0.717) is 38.8 Å². The van der Waals surface area contributed by atoms with E-state index in [0.717, 1.165) is 5.56 Å². The average molecular weight is 451 g/mol. The van der Waals surface area contributed by atoms with Crippen LogP contribution in [0.5, 0.6) is 0 Å². The summed E-state index contributed by atoms with van der Waals surface area (Å²) in [6, 6.07) is 3.90. The van der Waals surface area contributed by atoms with E-state index >= 15 is 0 Å². The Hall–Kier alpha value is -2.21. The average Bonchev–Trinajstić information content (AvgIpc) is 2.98. The molecule has 1 unspecified atom stereocenters. The first-order chi connectivity index (χ1) is 13.9. The molecule has 2 saturated heterocycles. The van der Waals surface area contributed by atoms with Crippen molar-refractivity contribution in [2.45, 2.75) is 50.2 Å². The van der Waals surface area contributed by atoms with Crippen LogP contribution in [0.4, 0.5) is 13.2 Å². The number of hydrogen-bond acceptors (Lipinski definition) is 5. The lowest BCUT2D eigenvalue weighted by Gasteiger charge is -2.42. The van der Waals surface area contributed by atoms with Crippen LogP contribution in [0.1, 0.15) is 44.1 Å². The molecule has 1 aromatic heterocycles. The smallest absolute Gasteiger partial charge is 0.475 e. The van der Waals surface area contributed by atoms with E-state index < -0.39 is 22.2 Å². The van der Waals surface area contributed by atoms with Crippen molar-refractivity contribution < 1.29 is 36.3 Å². The summed E-state index contributed by atoms with van der Waals surface area (Å²) in [5.74, 6) is -2.42. The van der Waals surface area contributed by atoms with Gasteiger partial charge in [0.1, 0.15) is 0 Å². The topological polar surface area (TPSA) is 117 Å². The SMILES string of the molecule is CCCS(=O)(=O)N1CCC2(CC1)NC(=O)CC2c1ccncc1.O=C(O)C(F)(F)F. The molecule has 1 spiro atoms. The number of nitrogens with one attached hydrogen (secondary N) is 1. The fourth-order valence-corrected chi connectivity index (χ4v) is 5.37. The molecule has 3 heterocycles. The van der Waals surface area contributed by atoms with Crippen molar-refractivity contribution in [1.29, 1.82) is 0 Å². The van der Waals surface area contributed by atoms with Gasteiger partial charge in [0.05, 0.1) is 5.75 Å². The van der Waals surface area contributed by atoms with E-state index in [1.165, 1.54) is 0 Å². The van der Waals surface area contributed by atoms with Gasteiger partial charge in [-0.05, 0) is 37.0 Å². The van der Waals surface area contributed by atoms with Crippen LogP contribution in [0.25, 0.3) is 0 Å². The molecule has 0 bridgehead atoms. The van der Waals surface area contributed by atoms with Crippen molar-refractivity contribution in [3.05, 3.63) is 30.1 Å². The number of carbonyl (C=O) groups excluding carboxylic acids is 1. The van der Waals surface area contributed by atoms with Gasteiger partial charge in [0.25, 0.3) is 0 Å². The van der Waals surface area contributed by atoms with E-state index in [2.05, 4.69) is 10.3 Å². The van der Waals surface area contributed by atoms with Crippen LogP contribution in [0.3, 0.4) is 0 Å². The molecule has 3 rings (SSSR count). The van der Waals surface area contributed by atoms with Crippen LogP contribution in [0.15, 0.2) is 24.5 Å². The second-order valence-corrected chi connectivity index (χ2v) is 9.35. The second kappa shape index (κ2) is 9.29. The largest absolute Gasteiger partial charge is 0.490 e.